The highest BCUT2D eigenvalue weighted by Crippen LogP contribution is 2.30. The van der Waals surface area contributed by atoms with E-state index in [1.807, 2.05) is 37.2 Å². The number of carbonyl (C=O) groups is 1. The number of rotatable bonds is 4. The van der Waals surface area contributed by atoms with Gasteiger partial charge in [0.05, 0.1) is 6.42 Å². The molecule has 0 unspecified atom stereocenters. The summed E-state index contributed by atoms with van der Waals surface area (Å²) in [6.07, 6.45) is 0.522. The molecule has 1 aliphatic rings. The lowest BCUT2D eigenvalue weighted by Gasteiger charge is -2.17. The quantitative estimate of drug-likeness (QED) is 0.788. The van der Waals surface area contributed by atoms with Crippen LogP contribution in [-0.2, 0) is 11.2 Å². The summed E-state index contributed by atoms with van der Waals surface area (Å²) in [6.45, 7) is 1.56. The second-order valence-electron chi connectivity index (χ2n) is 3.92. The maximum atomic E-state index is 11.8. The monoisotopic (exact) mass is 219 g/mol. The molecule has 0 fully saturated rings. The molecule has 0 aliphatic carbocycles. The number of nitrogens with one attached hydrogen (secondary N) is 2. The first-order chi connectivity index (χ1) is 7.76. The van der Waals surface area contributed by atoms with Gasteiger partial charge in [0.1, 0.15) is 0 Å². The van der Waals surface area contributed by atoms with Gasteiger partial charge in [-0.15, -0.1) is 0 Å². The van der Waals surface area contributed by atoms with E-state index in [1.165, 1.54) is 0 Å². The second-order valence-corrected chi connectivity index (χ2v) is 3.92. The van der Waals surface area contributed by atoms with Gasteiger partial charge in [0.15, 0.2) is 0 Å². The van der Waals surface area contributed by atoms with Crippen LogP contribution in [0.25, 0.3) is 0 Å². The van der Waals surface area contributed by atoms with Crippen LogP contribution in [0.2, 0.25) is 0 Å². The van der Waals surface area contributed by atoms with Crippen LogP contribution in [0.4, 0.5) is 11.4 Å². The molecule has 4 heteroatoms. The number of fused-ring (bicyclic) bond motifs is 1. The molecule has 1 aliphatic heterocycles. The summed E-state index contributed by atoms with van der Waals surface area (Å²) in [7, 11) is 3.78. The van der Waals surface area contributed by atoms with Crippen LogP contribution in [0.5, 0.6) is 0 Å². The highest BCUT2D eigenvalue weighted by Gasteiger charge is 2.26. The van der Waals surface area contributed by atoms with Gasteiger partial charge in [0, 0.05) is 31.5 Å². The highest BCUT2D eigenvalue weighted by molar-refractivity contribution is 6.01. The predicted molar refractivity (Wildman–Crippen MR) is 66.0 cm³/mol. The van der Waals surface area contributed by atoms with Crippen molar-refractivity contribution in [3.63, 3.8) is 0 Å². The molecular weight excluding hydrogens is 202 g/mol. The Balaban J connectivity index is 2.24. The largest absolute Gasteiger partial charge is 0.388 e. The normalized spacial score (nSPS) is 14.1. The van der Waals surface area contributed by atoms with Gasteiger partial charge >= 0.3 is 0 Å². The van der Waals surface area contributed by atoms with E-state index in [1.54, 1.807) is 0 Å². The standard InChI is InChI=1S/C12H17N3O/c1-13-5-6-15-11-4-3-10(14-2)7-9(11)8-12(15)16/h3-4,7,13-14H,5-6,8H2,1-2H3. The second kappa shape index (κ2) is 4.53. The lowest BCUT2D eigenvalue weighted by molar-refractivity contribution is -0.117. The van der Waals surface area contributed by atoms with Gasteiger partial charge in [-0.3, -0.25) is 4.79 Å². The first-order valence-electron chi connectivity index (χ1n) is 5.52. The Morgan fingerprint density at radius 1 is 1.38 bits per heavy atom. The maximum Gasteiger partial charge on any atom is 0.231 e. The van der Waals surface area contributed by atoms with Crippen molar-refractivity contribution >= 4 is 17.3 Å². The lowest BCUT2D eigenvalue weighted by Crippen LogP contribution is -2.33. The van der Waals surface area contributed by atoms with Crippen molar-refractivity contribution < 1.29 is 4.79 Å². The van der Waals surface area contributed by atoms with Crippen LogP contribution in [0, 0.1) is 0 Å². The van der Waals surface area contributed by atoms with Gasteiger partial charge in [-0.2, -0.15) is 0 Å². The topological polar surface area (TPSA) is 44.4 Å². The summed E-state index contributed by atoms with van der Waals surface area (Å²) in [5, 5.41) is 6.15. The molecule has 16 heavy (non-hydrogen) atoms. The molecule has 2 rings (SSSR count). The third-order valence-electron chi connectivity index (χ3n) is 2.89. The van der Waals surface area contributed by atoms with Crippen LogP contribution < -0.4 is 15.5 Å². The van der Waals surface area contributed by atoms with Crippen LogP contribution in [0.3, 0.4) is 0 Å². The average Bonchev–Trinajstić information content (AvgIpc) is 2.61. The Morgan fingerprint density at radius 2 is 2.19 bits per heavy atom. The van der Waals surface area contributed by atoms with Crippen molar-refractivity contribution in [3.05, 3.63) is 23.8 Å². The molecule has 1 aromatic carbocycles. The molecule has 1 aromatic rings. The fraction of sp³-hybridized carbons (Fsp3) is 0.417. The van der Waals surface area contributed by atoms with Crippen molar-refractivity contribution in [2.45, 2.75) is 6.42 Å². The van der Waals surface area contributed by atoms with Crippen molar-refractivity contribution in [2.24, 2.45) is 0 Å². The molecule has 0 saturated carbocycles. The van der Waals surface area contributed by atoms with Gasteiger partial charge in [0.2, 0.25) is 5.91 Å². The van der Waals surface area contributed by atoms with E-state index in [-0.39, 0.29) is 5.91 Å². The summed E-state index contributed by atoms with van der Waals surface area (Å²) < 4.78 is 0. The fourth-order valence-electron chi connectivity index (χ4n) is 2.01. The van der Waals surface area contributed by atoms with Gasteiger partial charge in [-0.1, -0.05) is 0 Å². The molecule has 4 nitrogen and oxygen atoms in total. The average molecular weight is 219 g/mol. The fourth-order valence-corrected chi connectivity index (χ4v) is 2.01. The Labute approximate surface area is 95.6 Å². The number of amides is 1. The highest BCUT2D eigenvalue weighted by atomic mass is 16.2. The Kier molecular flexibility index (Phi) is 3.10. The minimum absolute atomic E-state index is 0.193. The zero-order chi connectivity index (χ0) is 11.5. The molecule has 86 valence electrons. The van der Waals surface area contributed by atoms with E-state index in [0.29, 0.717) is 6.42 Å². The lowest BCUT2D eigenvalue weighted by atomic mass is 10.1. The molecule has 0 saturated heterocycles. The van der Waals surface area contributed by atoms with Crippen LogP contribution >= 0.6 is 0 Å². The molecule has 1 amide bonds. The molecule has 0 aromatic heterocycles. The molecule has 0 atom stereocenters. The number of likely N-dealkylation sites (N-methyl/N-ethyl adjacent to an activating group) is 1. The third kappa shape index (κ3) is 1.88. The first-order valence-corrected chi connectivity index (χ1v) is 5.52. The smallest absolute Gasteiger partial charge is 0.231 e. The molecule has 2 N–H and O–H groups in total. The number of anilines is 2. The minimum Gasteiger partial charge on any atom is -0.388 e. The Hall–Kier alpha value is -1.55. The zero-order valence-electron chi connectivity index (χ0n) is 9.71. The Morgan fingerprint density at radius 3 is 2.88 bits per heavy atom. The van der Waals surface area contributed by atoms with Gasteiger partial charge in [-0.05, 0) is 30.8 Å². The number of benzene rings is 1. The van der Waals surface area contributed by atoms with Crippen molar-refractivity contribution in [1.82, 2.24) is 5.32 Å². The molecular formula is C12H17N3O. The van der Waals surface area contributed by atoms with Gasteiger partial charge < -0.3 is 15.5 Å². The van der Waals surface area contributed by atoms with Crippen LogP contribution in [0.15, 0.2) is 18.2 Å². The Bertz CT molecular complexity index is 403. The molecule has 0 radical (unpaired) electrons. The first kappa shape index (κ1) is 11.0. The summed E-state index contributed by atoms with van der Waals surface area (Å²) in [5.74, 6) is 0.193. The number of hydrogen-bond donors (Lipinski definition) is 2. The summed E-state index contributed by atoms with van der Waals surface area (Å²) in [4.78, 5) is 13.7. The van der Waals surface area contributed by atoms with Crippen molar-refractivity contribution in [2.75, 3.05) is 37.4 Å². The van der Waals surface area contributed by atoms with E-state index < -0.39 is 0 Å². The SMILES string of the molecule is CNCCN1C(=O)Cc2cc(NC)ccc21. The number of carbonyl (C=O) groups excluding carboxylic acids is 1. The molecule has 1 heterocycles. The predicted octanol–water partition coefficient (Wildman–Crippen LogP) is 0.837. The van der Waals surface area contributed by atoms with E-state index in [4.69, 9.17) is 0 Å². The molecule has 0 bridgehead atoms. The van der Waals surface area contributed by atoms with Gasteiger partial charge in [-0.25, -0.2) is 0 Å². The summed E-state index contributed by atoms with van der Waals surface area (Å²) >= 11 is 0. The van der Waals surface area contributed by atoms with Crippen molar-refractivity contribution in [3.8, 4) is 0 Å². The zero-order valence-corrected chi connectivity index (χ0v) is 9.71. The van der Waals surface area contributed by atoms with Crippen LogP contribution in [-0.4, -0.2) is 33.1 Å². The van der Waals surface area contributed by atoms with Gasteiger partial charge in [0.25, 0.3) is 0 Å². The minimum atomic E-state index is 0.193. The van der Waals surface area contributed by atoms with E-state index in [0.717, 1.165) is 30.0 Å². The molecule has 0 spiro atoms. The van der Waals surface area contributed by atoms with E-state index >= 15 is 0 Å². The van der Waals surface area contributed by atoms with Crippen LogP contribution in [0.1, 0.15) is 5.56 Å². The van der Waals surface area contributed by atoms with E-state index in [9.17, 15) is 4.79 Å². The summed E-state index contributed by atoms with van der Waals surface area (Å²) in [5.41, 5.74) is 3.23. The maximum absolute atomic E-state index is 11.8. The summed E-state index contributed by atoms with van der Waals surface area (Å²) in [6, 6.07) is 6.07. The third-order valence-corrected chi connectivity index (χ3v) is 2.89. The van der Waals surface area contributed by atoms with E-state index in [2.05, 4.69) is 10.6 Å². The number of hydrogen-bond acceptors (Lipinski definition) is 3. The number of nitrogens with zero attached hydrogens (tertiary/aromatic N) is 1. The van der Waals surface area contributed by atoms with Crippen molar-refractivity contribution in [1.29, 1.82) is 0 Å².